The third-order valence-electron chi connectivity index (χ3n) is 4.64. The lowest BCUT2D eigenvalue weighted by Crippen LogP contribution is -2.24. The number of hydrogen-bond donors (Lipinski definition) is 1. The molecule has 0 atom stereocenters. The Morgan fingerprint density at radius 3 is 2.70 bits per heavy atom. The van der Waals surface area contributed by atoms with Crippen molar-refractivity contribution in [1.82, 2.24) is 10.4 Å². The van der Waals surface area contributed by atoms with Gasteiger partial charge in [-0.05, 0) is 43.3 Å². The third-order valence-corrected chi connectivity index (χ3v) is 4.64. The Morgan fingerprint density at radius 1 is 1.06 bits per heavy atom. The van der Waals surface area contributed by atoms with Crippen LogP contribution in [0.25, 0.3) is 22.2 Å². The van der Waals surface area contributed by atoms with E-state index in [9.17, 15) is 9.59 Å². The van der Waals surface area contributed by atoms with Crippen LogP contribution in [0.1, 0.15) is 23.0 Å². The molecular formula is C25H21N3O5. The van der Waals surface area contributed by atoms with Crippen LogP contribution in [0.15, 0.2) is 82.4 Å². The summed E-state index contributed by atoms with van der Waals surface area (Å²) in [5.74, 6) is 0.800. The van der Waals surface area contributed by atoms with Gasteiger partial charge in [0.05, 0.1) is 18.4 Å². The average Bonchev–Trinajstić information content (AvgIpc) is 3.32. The highest BCUT2D eigenvalue weighted by molar-refractivity contribution is 5.90. The van der Waals surface area contributed by atoms with Gasteiger partial charge in [-0.15, -0.1) is 0 Å². The smallest absolute Gasteiger partial charge is 0.338 e. The van der Waals surface area contributed by atoms with E-state index < -0.39 is 5.91 Å². The molecule has 166 valence electrons. The normalized spacial score (nSPS) is 10.9. The minimum Gasteiger partial charge on any atom is -0.481 e. The van der Waals surface area contributed by atoms with E-state index in [1.807, 2.05) is 24.3 Å². The SMILES string of the molecule is CCOC(=O)c1ccc(-c2ccc(/C=N\NC(=O)COc3cccc4cccnc34)o2)cc1. The lowest BCUT2D eigenvalue weighted by molar-refractivity contribution is -0.123. The number of fused-ring (bicyclic) bond motifs is 1. The van der Waals surface area contributed by atoms with Crippen molar-refractivity contribution >= 4 is 29.0 Å². The number of nitrogens with one attached hydrogen (secondary N) is 1. The molecule has 33 heavy (non-hydrogen) atoms. The summed E-state index contributed by atoms with van der Waals surface area (Å²) >= 11 is 0. The Balaban J connectivity index is 1.31. The van der Waals surface area contributed by atoms with E-state index in [-0.39, 0.29) is 12.6 Å². The number of pyridine rings is 1. The van der Waals surface area contributed by atoms with Gasteiger partial charge >= 0.3 is 5.97 Å². The molecule has 1 N–H and O–H groups in total. The molecule has 0 aliphatic heterocycles. The number of furan rings is 1. The van der Waals surface area contributed by atoms with Gasteiger partial charge in [0.1, 0.15) is 22.8 Å². The zero-order valence-corrected chi connectivity index (χ0v) is 17.9. The number of hydrazone groups is 1. The minimum atomic E-state index is -0.416. The van der Waals surface area contributed by atoms with Gasteiger partial charge in [-0.25, -0.2) is 10.2 Å². The molecule has 0 aliphatic carbocycles. The number of rotatable bonds is 8. The van der Waals surface area contributed by atoms with Gasteiger partial charge in [-0.2, -0.15) is 5.10 Å². The number of carbonyl (C=O) groups is 2. The number of para-hydroxylation sites is 1. The molecule has 0 aliphatic rings. The zero-order chi connectivity index (χ0) is 23.0. The van der Waals surface area contributed by atoms with E-state index >= 15 is 0 Å². The van der Waals surface area contributed by atoms with Crippen LogP contribution in [0, 0.1) is 0 Å². The summed E-state index contributed by atoms with van der Waals surface area (Å²) in [6.07, 6.45) is 3.07. The Kier molecular flexibility index (Phi) is 6.75. The van der Waals surface area contributed by atoms with Crippen LogP contribution in [-0.2, 0) is 9.53 Å². The van der Waals surface area contributed by atoms with Crippen LogP contribution in [0.2, 0.25) is 0 Å². The zero-order valence-electron chi connectivity index (χ0n) is 17.9. The van der Waals surface area contributed by atoms with Crippen LogP contribution in [0.3, 0.4) is 0 Å². The molecule has 0 saturated carbocycles. The quantitative estimate of drug-likeness (QED) is 0.249. The molecule has 0 fully saturated rings. The average molecular weight is 443 g/mol. The lowest BCUT2D eigenvalue weighted by Gasteiger charge is -2.07. The Bertz CT molecular complexity index is 1290. The largest absolute Gasteiger partial charge is 0.481 e. The lowest BCUT2D eigenvalue weighted by atomic mass is 10.1. The molecule has 0 saturated heterocycles. The highest BCUT2D eigenvalue weighted by Gasteiger charge is 2.09. The number of aromatic nitrogens is 1. The highest BCUT2D eigenvalue weighted by atomic mass is 16.5. The molecule has 0 unspecified atom stereocenters. The topological polar surface area (TPSA) is 103 Å². The van der Waals surface area contributed by atoms with Crippen molar-refractivity contribution in [2.75, 3.05) is 13.2 Å². The van der Waals surface area contributed by atoms with E-state index in [0.29, 0.717) is 35.0 Å². The molecule has 0 radical (unpaired) electrons. The van der Waals surface area contributed by atoms with Crippen molar-refractivity contribution < 1.29 is 23.5 Å². The van der Waals surface area contributed by atoms with E-state index in [0.717, 1.165) is 10.9 Å². The summed E-state index contributed by atoms with van der Waals surface area (Å²) in [6.45, 7) is 1.88. The summed E-state index contributed by atoms with van der Waals surface area (Å²) in [5, 5.41) is 4.83. The standard InChI is InChI=1S/C25H21N3O5/c1-2-31-25(30)19-10-8-17(9-11-19)21-13-12-20(33-21)15-27-28-23(29)16-32-22-7-3-5-18-6-4-14-26-24(18)22/h3-15H,2,16H2,1H3,(H,28,29)/b27-15-. The van der Waals surface area contributed by atoms with Crippen LogP contribution in [-0.4, -0.2) is 36.3 Å². The number of amides is 1. The molecule has 4 rings (SSSR count). The van der Waals surface area contributed by atoms with E-state index in [4.69, 9.17) is 13.9 Å². The Labute approximate surface area is 189 Å². The molecule has 2 aromatic heterocycles. The molecule has 2 aromatic carbocycles. The van der Waals surface area contributed by atoms with Crippen LogP contribution in [0.4, 0.5) is 0 Å². The molecule has 4 aromatic rings. The maximum atomic E-state index is 12.1. The van der Waals surface area contributed by atoms with Crippen LogP contribution < -0.4 is 10.2 Å². The van der Waals surface area contributed by atoms with Crippen molar-refractivity contribution in [3.05, 3.63) is 84.3 Å². The number of carbonyl (C=O) groups excluding carboxylic acids is 2. The van der Waals surface area contributed by atoms with Crippen molar-refractivity contribution in [2.24, 2.45) is 5.10 Å². The first-order valence-electron chi connectivity index (χ1n) is 10.3. The number of esters is 1. The Hall–Kier alpha value is -4.46. The van der Waals surface area contributed by atoms with Crippen molar-refractivity contribution in [1.29, 1.82) is 0 Å². The maximum absolute atomic E-state index is 12.1. The second kappa shape index (κ2) is 10.2. The van der Waals surface area contributed by atoms with E-state index in [1.165, 1.54) is 6.21 Å². The fourth-order valence-electron chi connectivity index (χ4n) is 3.10. The first-order valence-corrected chi connectivity index (χ1v) is 10.3. The van der Waals surface area contributed by atoms with E-state index in [1.54, 1.807) is 55.6 Å². The maximum Gasteiger partial charge on any atom is 0.338 e. The highest BCUT2D eigenvalue weighted by Crippen LogP contribution is 2.23. The van der Waals surface area contributed by atoms with Crippen molar-refractivity contribution in [3.8, 4) is 17.1 Å². The van der Waals surface area contributed by atoms with Crippen LogP contribution >= 0.6 is 0 Å². The Morgan fingerprint density at radius 2 is 1.88 bits per heavy atom. The van der Waals surface area contributed by atoms with Crippen molar-refractivity contribution in [3.63, 3.8) is 0 Å². The number of hydrogen-bond acceptors (Lipinski definition) is 7. The molecule has 0 bridgehead atoms. The molecule has 1 amide bonds. The van der Waals surface area contributed by atoms with Gasteiger partial charge in [0.2, 0.25) is 0 Å². The van der Waals surface area contributed by atoms with Gasteiger partial charge in [0.15, 0.2) is 6.61 Å². The molecule has 8 heteroatoms. The predicted octanol–water partition coefficient (Wildman–Crippen LogP) is 4.20. The van der Waals surface area contributed by atoms with Crippen molar-refractivity contribution in [2.45, 2.75) is 6.92 Å². The monoisotopic (exact) mass is 443 g/mol. The predicted molar refractivity (Wildman–Crippen MR) is 123 cm³/mol. The second-order valence-electron chi connectivity index (χ2n) is 6.91. The second-order valence-corrected chi connectivity index (χ2v) is 6.91. The molecule has 8 nitrogen and oxygen atoms in total. The number of benzene rings is 2. The summed E-state index contributed by atoms with van der Waals surface area (Å²) in [7, 11) is 0. The summed E-state index contributed by atoms with van der Waals surface area (Å²) in [6, 6.07) is 19.7. The van der Waals surface area contributed by atoms with Gasteiger partial charge in [0.25, 0.3) is 5.91 Å². The first-order chi connectivity index (χ1) is 16.1. The summed E-state index contributed by atoms with van der Waals surface area (Å²) < 4.78 is 16.3. The number of ether oxygens (including phenoxy) is 2. The number of nitrogens with zero attached hydrogens (tertiary/aromatic N) is 2. The first kappa shape index (κ1) is 21.8. The van der Waals surface area contributed by atoms with E-state index in [2.05, 4.69) is 15.5 Å². The fraction of sp³-hybridized carbons (Fsp3) is 0.120. The van der Waals surface area contributed by atoms with Gasteiger partial charge in [0, 0.05) is 17.1 Å². The van der Waals surface area contributed by atoms with Gasteiger partial charge < -0.3 is 13.9 Å². The van der Waals surface area contributed by atoms with Gasteiger partial charge in [-0.3, -0.25) is 9.78 Å². The molecular weight excluding hydrogens is 422 g/mol. The minimum absolute atomic E-state index is 0.205. The fourth-order valence-corrected chi connectivity index (χ4v) is 3.10. The summed E-state index contributed by atoms with van der Waals surface area (Å²) in [4.78, 5) is 28.1. The van der Waals surface area contributed by atoms with Gasteiger partial charge in [-0.1, -0.05) is 30.3 Å². The summed E-state index contributed by atoms with van der Waals surface area (Å²) in [5.41, 5.74) is 4.36. The third kappa shape index (κ3) is 5.43. The van der Waals surface area contributed by atoms with Crippen LogP contribution in [0.5, 0.6) is 5.75 Å². The molecule has 2 heterocycles. The molecule has 0 spiro atoms.